The maximum absolute atomic E-state index is 5.07. The molecule has 0 unspecified atom stereocenters. The van der Waals surface area contributed by atoms with Crippen LogP contribution in [0.25, 0.3) is 100 Å². The molecule has 0 bridgehead atoms. The minimum absolute atomic E-state index is 0.625. The molecular formula is C51H33N5. The fraction of sp³-hybridized carbons (Fsp3) is 0. The predicted molar refractivity (Wildman–Crippen MR) is 230 cm³/mol. The summed E-state index contributed by atoms with van der Waals surface area (Å²) in [5, 5.41) is 4.90. The van der Waals surface area contributed by atoms with E-state index in [4.69, 9.17) is 15.0 Å². The summed E-state index contributed by atoms with van der Waals surface area (Å²) >= 11 is 0. The average molecular weight is 716 g/mol. The normalized spacial score (nSPS) is 11.6. The van der Waals surface area contributed by atoms with Gasteiger partial charge in [-0.3, -0.25) is 0 Å². The highest BCUT2D eigenvalue weighted by Gasteiger charge is 2.20. The molecule has 0 aliphatic rings. The summed E-state index contributed by atoms with van der Waals surface area (Å²) < 4.78 is 4.80. The zero-order chi connectivity index (χ0) is 37.0. The molecule has 5 nitrogen and oxygen atoms in total. The minimum atomic E-state index is 0.625. The Hall–Kier alpha value is -7.63. The highest BCUT2D eigenvalue weighted by Crippen LogP contribution is 2.40. The number of hydrogen-bond donors (Lipinski definition) is 0. The molecule has 0 saturated carbocycles. The van der Waals surface area contributed by atoms with Crippen molar-refractivity contribution >= 4 is 43.6 Å². The smallest absolute Gasteiger partial charge is 0.164 e. The van der Waals surface area contributed by atoms with Gasteiger partial charge >= 0.3 is 0 Å². The molecular weight excluding hydrogens is 683 g/mol. The minimum Gasteiger partial charge on any atom is -0.309 e. The zero-order valence-corrected chi connectivity index (χ0v) is 30.3. The third-order valence-electron chi connectivity index (χ3n) is 10.8. The van der Waals surface area contributed by atoms with Gasteiger partial charge in [0, 0.05) is 49.5 Å². The van der Waals surface area contributed by atoms with E-state index in [2.05, 4.69) is 149 Å². The molecule has 0 atom stereocenters. The summed E-state index contributed by atoms with van der Waals surface area (Å²) in [5.41, 5.74) is 11.9. The van der Waals surface area contributed by atoms with E-state index in [0.717, 1.165) is 50.2 Å². The van der Waals surface area contributed by atoms with Gasteiger partial charge in [0.2, 0.25) is 0 Å². The van der Waals surface area contributed by atoms with Crippen LogP contribution in [-0.2, 0) is 0 Å². The van der Waals surface area contributed by atoms with Gasteiger partial charge in [-0.15, -0.1) is 0 Å². The first-order valence-corrected chi connectivity index (χ1v) is 18.9. The Morgan fingerprint density at radius 3 is 1.27 bits per heavy atom. The largest absolute Gasteiger partial charge is 0.309 e. The van der Waals surface area contributed by atoms with Crippen molar-refractivity contribution in [1.29, 1.82) is 0 Å². The number of benzene rings is 8. The van der Waals surface area contributed by atoms with Crippen molar-refractivity contribution < 1.29 is 0 Å². The lowest BCUT2D eigenvalue weighted by Gasteiger charge is -2.16. The van der Waals surface area contributed by atoms with Crippen molar-refractivity contribution in [2.24, 2.45) is 0 Å². The molecule has 56 heavy (non-hydrogen) atoms. The van der Waals surface area contributed by atoms with Crippen LogP contribution in [0.3, 0.4) is 0 Å². The molecule has 0 aliphatic heterocycles. The second kappa shape index (κ2) is 13.0. The van der Waals surface area contributed by atoms with E-state index in [9.17, 15) is 0 Å². The molecule has 0 fully saturated rings. The first kappa shape index (κ1) is 31.9. The first-order valence-electron chi connectivity index (χ1n) is 18.9. The lowest BCUT2D eigenvalue weighted by atomic mass is 10.00. The van der Waals surface area contributed by atoms with Crippen LogP contribution in [-0.4, -0.2) is 24.1 Å². The number of nitrogens with zero attached hydrogens (tertiary/aromatic N) is 5. The van der Waals surface area contributed by atoms with Crippen LogP contribution in [0.5, 0.6) is 0 Å². The van der Waals surface area contributed by atoms with Gasteiger partial charge < -0.3 is 9.13 Å². The molecule has 0 N–H and O–H groups in total. The van der Waals surface area contributed by atoms with Crippen LogP contribution in [0.4, 0.5) is 0 Å². The van der Waals surface area contributed by atoms with Crippen LogP contribution >= 0.6 is 0 Å². The van der Waals surface area contributed by atoms with Crippen LogP contribution in [0.2, 0.25) is 0 Å². The molecule has 3 aromatic heterocycles. The first-order chi connectivity index (χ1) is 27.8. The summed E-state index contributed by atoms with van der Waals surface area (Å²) in [6, 6.07) is 70.4. The van der Waals surface area contributed by atoms with E-state index < -0.39 is 0 Å². The van der Waals surface area contributed by atoms with E-state index in [1.807, 2.05) is 60.7 Å². The van der Waals surface area contributed by atoms with Gasteiger partial charge in [-0.2, -0.15) is 0 Å². The molecule has 0 radical (unpaired) electrons. The Labute approximate surface area is 323 Å². The molecule has 5 heteroatoms. The standard InChI is InChI=1S/C51H33N5/c1-4-16-34(17-5-1)42-32-37(51-53-49(35-18-6-2-7-19-35)52-50(54-51)36-20-8-3-9-21-36)28-30-47(42)56-46-27-15-12-24-41(46)43-33-38(29-31-48(43)56)55-44-25-13-10-22-39(44)40-23-11-14-26-45(40)55/h1-33H. The molecule has 11 aromatic rings. The van der Waals surface area contributed by atoms with Crippen molar-refractivity contribution in [2.75, 3.05) is 0 Å². The van der Waals surface area contributed by atoms with Crippen molar-refractivity contribution in [3.63, 3.8) is 0 Å². The lowest BCUT2D eigenvalue weighted by Crippen LogP contribution is -2.02. The summed E-state index contributed by atoms with van der Waals surface area (Å²) in [6.45, 7) is 0. The van der Waals surface area contributed by atoms with Gasteiger partial charge in [-0.1, -0.05) is 146 Å². The average Bonchev–Trinajstić information content (AvgIpc) is 3.79. The second-order valence-corrected chi connectivity index (χ2v) is 14.1. The predicted octanol–water partition coefficient (Wildman–Crippen LogP) is 12.7. The van der Waals surface area contributed by atoms with Crippen molar-refractivity contribution in [2.45, 2.75) is 0 Å². The number of hydrogen-bond acceptors (Lipinski definition) is 3. The fourth-order valence-electron chi connectivity index (χ4n) is 8.22. The van der Waals surface area contributed by atoms with Crippen molar-refractivity contribution in [3.8, 4) is 56.7 Å². The lowest BCUT2D eigenvalue weighted by molar-refractivity contribution is 1.07. The molecule has 11 rings (SSSR count). The Bertz CT molecular complexity index is 3120. The molecule has 8 aromatic carbocycles. The van der Waals surface area contributed by atoms with Crippen LogP contribution in [0.1, 0.15) is 0 Å². The van der Waals surface area contributed by atoms with E-state index in [-0.39, 0.29) is 0 Å². The van der Waals surface area contributed by atoms with Gasteiger partial charge in [0.25, 0.3) is 0 Å². The van der Waals surface area contributed by atoms with Gasteiger partial charge in [0.1, 0.15) is 0 Å². The van der Waals surface area contributed by atoms with E-state index in [0.29, 0.717) is 17.5 Å². The summed E-state index contributed by atoms with van der Waals surface area (Å²) in [5.74, 6) is 1.90. The number of para-hydroxylation sites is 3. The Kier molecular flexibility index (Phi) is 7.42. The van der Waals surface area contributed by atoms with Gasteiger partial charge in [-0.05, 0) is 60.2 Å². The molecule has 0 amide bonds. The summed E-state index contributed by atoms with van der Waals surface area (Å²) in [7, 11) is 0. The Morgan fingerprint density at radius 1 is 0.286 bits per heavy atom. The third kappa shape index (κ3) is 5.21. The maximum atomic E-state index is 5.07. The summed E-state index contributed by atoms with van der Waals surface area (Å²) in [4.78, 5) is 15.1. The maximum Gasteiger partial charge on any atom is 0.164 e. The number of fused-ring (bicyclic) bond motifs is 6. The highest BCUT2D eigenvalue weighted by molar-refractivity contribution is 6.12. The van der Waals surface area contributed by atoms with Gasteiger partial charge in [0.05, 0.1) is 27.8 Å². The third-order valence-corrected chi connectivity index (χ3v) is 10.8. The SMILES string of the molecule is c1ccc(-c2nc(-c3ccccc3)nc(-c3ccc(-n4c5ccccc5c5cc(-n6c7ccccc7c7ccccc76)ccc54)c(-c4ccccc4)c3)n2)cc1. The zero-order valence-electron chi connectivity index (χ0n) is 30.3. The van der Waals surface area contributed by atoms with Crippen LogP contribution in [0, 0.1) is 0 Å². The molecule has 0 saturated heterocycles. The number of aromatic nitrogens is 5. The highest BCUT2D eigenvalue weighted by atomic mass is 15.0. The monoisotopic (exact) mass is 715 g/mol. The molecule has 3 heterocycles. The van der Waals surface area contributed by atoms with E-state index in [1.165, 1.54) is 32.6 Å². The summed E-state index contributed by atoms with van der Waals surface area (Å²) in [6.07, 6.45) is 0. The van der Waals surface area contributed by atoms with Crippen LogP contribution < -0.4 is 0 Å². The molecule has 0 aliphatic carbocycles. The fourth-order valence-corrected chi connectivity index (χ4v) is 8.22. The van der Waals surface area contributed by atoms with E-state index in [1.54, 1.807) is 0 Å². The van der Waals surface area contributed by atoms with Crippen molar-refractivity contribution in [3.05, 3.63) is 200 Å². The Morgan fingerprint density at radius 2 is 0.714 bits per heavy atom. The van der Waals surface area contributed by atoms with E-state index >= 15 is 0 Å². The number of rotatable bonds is 6. The van der Waals surface area contributed by atoms with Gasteiger partial charge in [0.15, 0.2) is 17.5 Å². The van der Waals surface area contributed by atoms with Crippen molar-refractivity contribution in [1.82, 2.24) is 24.1 Å². The topological polar surface area (TPSA) is 48.5 Å². The molecule has 0 spiro atoms. The Balaban J connectivity index is 1.13. The molecule has 262 valence electrons. The second-order valence-electron chi connectivity index (χ2n) is 14.1. The van der Waals surface area contributed by atoms with Gasteiger partial charge in [-0.25, -0.2) is 15.0 Å². The quantitative estimate of drug-likeness (QED) is 0.172. The van der Waals surface area contributed by atoms with Crippen LogP contribution in [0.15, 0.2) is 200 Å².